The number of hydrogen-bond acceptors (Lipinski definition) is 7. The van der Waals surface area contributed by atoms with Crippen molar-refractivity contribution in [2.24, 2.45) is 0 Å². The number of carbonyl (C=O) groups is 3. The van der Waals surface area contributed by atoms with Gasteiger partial charge in [-0.05, 0) is 59.8 Å². The Morgan fingerprint density at radius 1 is 0.865 bits per heavy atom. The number of rotatable bonds is 8. The first-order valence-electron chi connectivity index (χ1n) is 11.8. The van der Waals surface area contributed by atoms with E-state index in [0.717, 1.165) is 38.5 Å². The summed E-state index contributed by atoms with van der Waals surface area (Å²) in [4.78, 5) is 43.8. The standard InChI is InChI=1S/C28H25N3O4S2/c1-35-20-12-10-19(11-13-20)18-25-27(33)31(28(34)37-25)17-15-29-26(32)14-16-30-21-6-2-4-8-23(21)36-24-9-5-3-7-22(24)30/h2-13,18H,14-17H2,1H3,(H,29,32)/b25-18+. The zero-order valence-electron chi connectivity index (χ0n) is 20.2. The first-order valence-corrected chi connectivity index (χ1v) is 13.5. The molecule has 3 aromatic rings. The molecule has 2 aliphatic rings. The lowest BCUT2D eigenvalue weighted by Gasteiger charge is -2.32. The Bertz CT molecular complexity index is 1330. The second-order valence-corrected chi connectivity index (χ2v) is 10.5. The second-order valence-electron chi connectivity index (χ2n) is 8.40. The molecular weight excluding hydrogens is 506 g/mol. The SMILES string of the molecule is COc1ccc(/C=C2/SC(=O)N(CCNC(=O)CCN3c4ccccc4Sc4ccccc43)C2=O)cc1. The largest absolute Gasteiger partial charge is 0.497 e. The molecule has 1 N–H and O–H groups in total. The molecule has 2 heterocycles. The Balaban J connectivity index is 1.15. The molecule has 2 aliphatic heterocycles. The van der Waals surface area contributed by atoms with Crippen molar-refractivity contribution in [1.29, 1.82) is 0 Å². The lowest BCUT2D eigenvalue weighted by molar-refractivity contribution is -0.124. The van der Waals surface area contributed by atoms with Gasteiger partial charge in [-0.15, -0.1) is 0 Å². The summed E-state index contributed by atoms with van der Waals surface area (Å²) in [6.07, 6.45) is 1.97. The van der Waals surface area contributed by atoms with Crippen LogP contribution in [0.25, 0.3) is 6.08 Å². The fourth-order valence-electron chi connectivity index (χ4n) is 4.18. The molecule has 37 heavy (non-hydrogen) atoms. The summed E-state index contributed by atoms with van der Waals surface area (Å²) in [6, 6.07) is 23.6. The van der Waals surface area contributed by atoms with Crippen molar-refractivity contribution in [2.75, 3.05) is 31.6 Å². The van der Waals surface area contributed by atoms with Crippen molar-refractivity contribution in [1.82, 2.24) is 10.2 Å². The van der Waals surface area contributed by atoms with Crippen molar-refractivity contribution in [2.45, 2.75) is 16.2 Å². The Morgan fingerprint density at radius 2 is 1.51 bits per heavy atom. The number of methoxy groups -OCH3 is 1. The summed E-state index contributed by atoms with van der Waals surface area (Å²) in [5.74, 6) is 0.238. The van der Waals surface area contributed by atoms with E-state index >= 15 is 0 Å². The molecule has 1 saturated heterocycles. The van der Waals surface area contributed by atoms with Crippen LogP contribution in [0.15, 0.2) is 87.5 Å². The number of benzene rings is 3. The molecule has 188 valence electrons. The number of fused-ring (bicyclic) bond motifs is 2. The predicted octanol–water partition coefficient (Wildman–Crippen LogP) is 5.54. The van der Waals surface area contributed by atoms with E-state index in [1.54, 1.807) is 37.1 Å². The Labute approximate surface area is 223 Å². The molecule has 0 saturated carbocycles. The number of hydrogen-bond donors (Lipinski definition) is 1. The maximum absolute atomic E-state index is 12.8. The average Bonchev–Trinajstić information content (AvgIpc) is 3.18. The molecule has 3 aromatic carbocycles. The first kappa shape index (κ1) is 25.0. The summed E-state index contributed by atoms with van der Waals surface area (Å²) in [5, 5.41) is 2.52. The van der Waals surface area contributed by atoms with Gasteiger partial charge in [0.15, 0.2) is 0 Å². The van der Waals surface area contributed by atoms with Crippen LogP contribution in [-0.2, 0) is 9.59 Å². The van der Waals surface area contributed by atoms with E-state index in [2.05, 4.69) is 34.5 Å². The molecule has 0 spiro atoms. The van der Waals surface area contributed by atoms with Gasteiger partial charge in [0.25, 0.3) is 11.1 Å². The Morgan fingerprint density at radius 3 is 2.16 bits per heavy atom. The van der Waals surface area contributed by atoms with E-state index in [-0.39, 0.29) is 36.6 Å². The van der Waals surface area contributed by atoms with Crippen LogP contribution in [0.4, 0.5) is 16.2 Å². The van der Waals surface area contributed by atoms with Gasteiger partial charge in [0.05, 0.1) is 23.4 Å². The topological polar surface area (TPSA) is 79.0 Å². The van der Waals surface area contributed by atoms with Crippen LogP contribution in [0.1, 0.15) is 12.0 Å². The third kappa shape index (κ3) is 5.52. The van der Waals surface area contributed by atoms with Crippen LogP contribution < -0.4 is 15.0 Å². The minimum absolute atomic E-state index is 0.127. The lowest BCUT2D eigenvalue weighted by atomic mass is 10.2. The molecule has 0 atom stereocenters. The van der Waals surface area contributed by atoms with Crippen LogP contribution in [0, 0.1) is 0 Å². The monoisotopic (exact) mass is 531 g/mol. The summed E-state index contributed by atoms with van der Waals surface area (Å²) in [5.41, 5.74) is 2.97. The minimum atomic E-state index is -0.348. The number of thioether (sulfide) groups is 1. The summed E-state index contributed by atoms with van der Waals surface area (Å²) in [6.45, 7) is 0.852. The number of carbonyl (C=O) groups excluding carboxylic acids is 3. The molecule has 0 aliphatic carbocycles. The van der Waals surface area contributed by atoms with Crippen LogP contribution >= 0.6 is 23.5 Å². The van der Waals surface area contributed by atoms with Gasteiger partial charge < -0.3 is 15.0 Å². The fourth-order valence-corrected chi connectivity index (χ4v) is 6.14. The smallest absolute Gasteiger partial charge is 0.293 e. The number of imide groups is 1. The van der Waals surface area contributed by atoms with E-state index in [9.17, 15) is 14.4 Å². The van der Waals surface area contributed by atoms with Gasteiger partial charge in [0.1, 0.15) is 5.75 Å². The molecule has 7 nitrogen and oxygen atoms in total. The van der Waals surface area contributed by atoms with Crippen LogP contribution in [0.3, 0.4) is 0 Å². The molecular formula is C28H25N3O4S2. The molecule has 0 bridgehead atoms. The third-order valence-electron chi connectivity index (χ3n) is 6.04. The van der Waals surface area contributed by atoms with Gasteiger partial charge in [0, 0.05) is 35.8 Å². The molecule has 0 radical (unpaired) electrons. The second kappa shape index (κ2) is 11.1. The van der Waals surface area contributed by atoms with Crippen molar-refractivity contribution in [3.05, 3.63) is 83.3 Å². The normalized spacial score (nSPS) is 15.5. The molecule has 1 fully saturated rings. The molecule has 3 amide bonds. The van der Waals surface area contributed by atoms with E-state index < -0.39 is 0 Å². The van der Waals surface area contributed by atoms with Crippen molar-refractivity contribution >= 4 is 58.0 Å². The number of ether oxygens (including phenoxy) is 1. The first-order chi connectivity index (χ1) is 18.0. The number of amides is 3. The highest BCUT2D eigenvalue weighted by molar-refractivity contribution is 8.18. The summed E-state index contributed by atoms with van der Waals surface area (Å²) in [7, 11) is 1.59. The van der Waals surface area contributed by atoms with Gasteiger partial charge in [0.2, 0.25) is 5.91 Å². The number of nitrogens with one attached hydrogen (secondary N) is 1. The van der Waals surface area contributed by atoms with Gasteiger partial charge in [-0.2, -0.15) is 0 Å². The number of nitrogens with zero attached hydrogens (tertiary/aromatic N) is 2. The van der Waals surface area contributed by atoms with E-state index in [1.807, 2.05) is 36.4 Å². The van der Waals surface area contributed by atoms with Crippen LogP contribution in [0.2, 0.25) is 0 Å². The quantitative estimate of drug-likeness (QED) is 0.382. The van der Waals surface area contributed by atoms with Crippen molar-refractivity contribution < 1.29 is 19.1 Å². The molecule has 0 aromatic heterocycles. The van der Waals surface area contributed by atoms with Gasteiger partial charge >= 0.3 is 0 Å². The maximum atomic E-state index is 12.8. The fraction of sp³-hybridized carbons (Fsp3) is 0.179. The van der Waals surface area contributed by atoms with Crippen molar-refractivity contribution in [3.8, 4) is 5.75 Å². The van der Waals surface area contributed by atoms with E-state index in [1.165, 1.54) is 4.90 Å². The predicted molar refractivity (Wildman–Crippen MR) is 147 cm³/mol. The van der Waals surface area contributed by atoms with Gasteiger partial charge in [-0.3, -0.25) is 19.3 Å². The highest BCUT2D eigenvalue weighted by atomic mass is 32.2. The van der Waals surface area contributed by atoms with Crippen molar-refractivity contribution in [3.63, 3.8) is 0 Å². The zero-order chi connectivity index (χ0) is 25.8. The van der Waals surface area contributed by atoms with Crippen LogP contribution in [-0.4, -0.2) is 48.7 Å². The highest BCUT2D eigenvalue weighted by Crippen LogP contribution is 2.47. The van der Waals surface area contributed by atoms with Gasteiger partial charge in [-0.25, -0.2) is 0 Å². The van der Waals surface area contributed by atoms with Crippen LogP contribution in [0.5, 0.6) is 5.75 Å². The average molecular weight is 532 g/mol. The molecule has 5 rings (SSSR count). The molecule has 0 unspecified atom stereocenters. The maximum Gasteiger partial charge on any atom is 0.293 e. The highest BCUT2D eigenvalue weighted by Gasteiger charge is 2.34. The lowest BCUT2D eigenvalue weighted by Crippen LogP contribution is -2.38. The number of anilines is 2. The minimum Gasteiger partial charge on any atom is -0.497 e. The summed E-state index contributed by atoms with van der Waals surface area (Å²) < 4.78 is 5.15. The van der Waals surface area contributed by atoms with E-state index in [4.69, 9.17) is 4.74 Å². The zero-order valence-corrected chi connectivity index (χ0v) is 21.8. The van der Waals surface area contributed by atoms with E-state index in [0.29, 0.717) is 17.2 Å². The Hall–Kier alpha value is -3.69. The molecule has 9 heteroatoms. The number of para-hydroxylation sites is 2. The summed E-state index contributed by atoms with van der Waals surface area (Å²) >= 11 is 2.63. The Kier molecular flexibility index (Phi) is 7.52. The third-order valence-corrected chi connectivity index (χ3v) is 8.08. The van der Waals surface area contributed by atoms with Gasteiger partial charge in [-0.1, -0.05) is 48.2 Å².